The zero-order valence-electron chi connectivity index (χ0n) is 12.2. The molecule has 2 aromatic carbocycles. The molecule has 3 nitrogen and oxygen atoms in total. The summed E-state index contributed by atoms with van der Waals surface area (Å²) in [6.07, 6.45) is 1.83. The predicted octanol–water partition coefficient (Wildman–Crippen LogP) is 4.71. The highest BCUT2D eigenvalue weighted by atomic mass is 79.9. The lowest BCUT2D eigenvalue weighted by molar-refractivity contribution is -0.114. The lowest BCUT2D eigenvalue weighted by Gasteiger charge is -2.16. The van der Waals surface area contributed by atoms with E-state index in [4.69, 9.17) is 23.8 Å². The third-order valence-electron chi connectivity index (χ3n) is 3.52. The first-order valence-corrected chi connectivity index (χ1v) is 8.40. The molecule has 0 aromatic heterocycles. The lowest BCUT2D eigenvalue weighted by atomic mass is 10.2. The number of benzene rings is 2. The fourth-order valence-corrected chi connectivity index (χ4v) is 2.97. The van der Waals surface area contributed by atoms with Crippen molar-refractivity contribution in [3.63, 3.8) is 0 Å². The molecule has 1 aliphatic heterocycles. The number of nitrogens with zero attached hydrogens (tertiary/aromatic N) is 2. The number of thiocarbonyl (C=S) groups is 1. The molecule has 0 atom stereocenters. The van der Waals surface area contributed by atoms with Crippen LogP contribution in [0.3, 0.4) is 0 Å². The summed E-state index contributed by atoms with van der Waals surface area (Å²) in [5.41, 5.74) is 2.17. The van der Waals surface area contributed by atoms with E-state index in [0.29, 0.717) is 21.5 Å². The van der Waals surface area contributed by atoms with Crippen molar-refractivity contribution in [3.8, 4) is 0 Å². The number of amides is 1. The normalized spacial score (nSPS) is 16.6. The van der Waals surface area contributed by atoms with Crippen LogP contribution in [0.4, 0.5) is 5.69 Å². The number of carbonyl (C=O) groups is 1. The number of halogens is 2. The van der Waals surface area contributed by atoms with E-state index >= 15 is 0 Å². The number of carbonyl (C=O) groups excluding carboxylic acids is 1. The number of anilines is 1. The van der Waals surface area contributed by atoms with Crippen molar-refractivity contribution in [1.82, 2.24) is 4.90 Å². The summed E-state index contributed by atoms with van der Waals surface area (Å²) in [6, 6.07) is 14.8. The highest BCUT2D eigenvalue weighted by Crippen LogP contribution is 2.28. The van der Waals surface area contributed by atoms with Crippen molar-refractivity contribution in [3.05, 3.63) is 69.3 Å². The molecule has 0 radical (unpaired) electrons. The quantitative estimate of drug-likeness (QED) is 0.532. The SMILES string of the molecule is CN1C(=S)N(c2ccc(Cl)cc2)C(=O)/C1=C/c1ccc(Br)cc1. The average Bonchev–Trinajstić information content (AvgIpc) is 2.74. The molecule has 1 amide bonds. The Labute approximate surface area is 153 Å². The summed E-state index contributed by atoms with van der Waals surface area (Å²) in [4.78, 5) is 16.0. The fraction of sp³-hybridized carbons (Fsp3) is 0.0588. The van der Waals surface area contributed by atoms with Crippen LogP contribution in [0.2, 0.25) is 5.02 Å². The molecule has 0 aliphatic carbocycles. The molecule has 6 heteroatoms. The van der Waals surface area contributed by atoms with E-state index in [-0.39, 0.29) is 5.91 Å². The Kier molecular flexibility index (Phi) is 4.53. The molecule has 0 unspecified atom stereocenters. The van der Waals surface area contributed by atoms with Crippen molar-refractivity contribution in [1.29, 1.82) is 0 Å². The molecule has 0 N–H and O–H groups in total. The molecule has 0 spiro atoms. The minimum Gasteiger partial charge on any atom is -0.317 e. The van der Waals surface area contributed by atoms with Crippen LogP contribution in [0.1, 0.15) is 5.56 Å². The molecular formula is C17H12BrClN2OS. The van der Waals surface area contributed by atoms with E-state index in [0.717, 1.165) is 10.0 Å². The van der Waals surface area contributed by atoms with Gasteiger partial charge in [-0.15, -0.1) is 0 Å². The van der Waals surface area contributed by atoms with Gasteiger partial charge in [0, 0.05) is 16.5 Å². The van der Waals surface area contributed by atoms with Gasteiger partial charge in [-0.1, -0.05) is 39.7 Å². The third kappa shape index (κ3) is 3.17. The second-order valence-corrected chi connectivity index (χ2v) is 6.76. The molecule has 0 saturated carbocycles. The Bertz CT molecular complexity index is 802. The summed E-state index contributed by atoms with van der Waals surface area (Å²) in [5.74, 6) is -0.150. The first-order chi connectivity index (χ1) is 11.0. The second-order valence-electron chi connectivity index (χ2n) is 5.04. The molecule has 3 rings (SSSR count). The third-order valence-corrected chi connectivity index (χ3v) is 4.76. The van der Waals surface area contributed by atoms with Gasteiger partial charge in [0.25, 0.3) is 5.91 Å². The van der Waals surface area contributed by atoms with E-state index in [2.05, 4.69) is 15.9 Å². The van der Waals surface area contributed by atoms with Crippen LogP contribution in [0.5, 0.6) is 0 Å². The van der Waals surface area contributed by atoms with Gasteiger partial charge in [-0.2, -0.15) is 0 Å². The molecule has 1 aliphatic rings. The van der Waals surface area contributed by atoms with Crippen LogP contribution < -0.4 is 4.90 Å². The number of hydrogen-bond acceptors (Lipinski definition) is 2. The van der Waals surface area contributed by atoms with Gasteiger partial charge in [-0.05, 0) is 60.3 Å². The van der Waals surface area contributed by atoms with E-state index in [1.165, 1.54) is 4.90 Å². The average molecular weight is 408 g/mol. The minimum atomic E-state index is -0.150. The topological polar surface area (TPSA) is 23.6 Å². The predicted molar refractivity (Wildman–Crippen MR) is 101 cm³/mol. The van der Waals surface area contributed by atoms with Crippen molar-refractivity contribution in [2.24, 2.45) is 0 Å². The van der Waals surface area contributed by atoms with Crippen LogP contribution >= 0.6 is 39.7 Å². The smallest absolute Gasteiger partial charge is 0.281 e. The summed E-state index contributed by atoms with van der Waals surface area (Å²) < 4.78 is 0.990. The standard InChI is InChI=1S/C17H12BrClN2OS/c1-20-15(10-11-2-4-12(18)5-3-11)16(22)21(17(20)23)14-8-6-13(19)7-9-14/h2-10H,1H3/b15-10-. The maximum absolute atomic E-state index is 12.8. The van der Waals surface area contributed by atoms with Gasteiger partial charge < -0.3 is 4.90 Å². The second kappa shape index (κ2) is 6.43. The molecule has 0 bridgehead atoms. The van der Waals surface area contributed by atoms with Crippen LogP contribution in [0.25, 0.3) is 6.08 Å². The summed E-state index contributed by atoms with van der Waals surface area (Å²) >= 11 is 14.7. The fourth-order valence-electron chi connectivity index (χ4n) is 2.29. The highest BCUT2D eigenvalue weighted by Gasteiger charge is 2.36. The molecule has 1 heterocycles. The van der Waals surface area contributed by atoms with Crippen LogP contribution in [-0.4, -0.2) is 23.0 Å². The number of hydrogen-bond donors (Lipinski definition) is 0. The first-order valence-electron chi connectivity index (χ1n) is 6.82. The Balaban J connectivity index is 1.97. The Morgan fingerprint density at radius 2 is 1.70 bits per heavy atom. The van der Waals surface area contributed by atoms with Crippen LogP contribution in [0.15, 0.2) is 58.7 Å². The maximum Gasteiger partial charge on any atom is 0.281 e. The van der Waals surface area contributed by atoms with Gasteiger partial charge in [-0.25, -0.2) is 0 Å². The van der Waals surface area contributed by atoms with Gasteiger partial charge in [-0.3, -0.25) is 9.69 Å². The van der Waals surface area contributed by atoms with Gasteiger partial charge in [0.2, 0.25) is 0 Å². The van der Waals surface area contributed by atoms with Crippen molar-refractivity contribution >= 4 is 62.5 Å². The molecule has 23 heavy (non-hydrogen) atoms. The first kappa shape index (κ1) is 16.2. The number of rotatable bonds is 2. The van der Waals surface area contributed by atoms with Gasteiger partial charge in [0.05, 0.1) is 5.69 Å². The largest absolute Gasteiger partial charge is 0.317 e. The summed E-state index contributed by atoms with van der Waals surface area (Å²) in [5, 5.41) is 1.06. The summed E-state index contributed by atoms with van der Waals surface area (Å²) in [6.45, 7) is 0. The van der Waals surface area contributed by atoms with E-state index in [1.807, 2.05) is 30.3 Å². The van der Waals surface area contributed by atoms with Crippen LogP contribution in [-0.2, 0) is 4.79 Å². The van der Waals surface area contributed by atoms with E-state index in [9.17, 15) is 4.79 Å². The monoisotopic (exact) mass is 406 g/mol. The summed E-state index contributed by atoms with van der Waals surface area (Å²) in [7, 11) is 1.79. The zero-order chi connectivity index (χ0) is 16.6. The van der Waals surface area contributed by atoms with Crippen molar-refractivity contribution in [2.45, 2.75) is 0 Å². The zero-order valence-corrected chi connectivity index (χ0v) is 15.3. The highest BCUT2D eigenvalue weighted by molar-refractivity contribution is 9.10. The van der Waals surface area contributed by atoms with Gasteiger partial charge in [0.15, 0.2) is 5.11 Å². The molecule has 116 valence electrons. The Morgan fingerprint density at radius 1 is 1.09 bits per heavy atom. The maximum atomic E-state index is 12.8. The molecule has 2 aromatic rings. The van der Waals surface area contributed by atoms with Crippen molar-refractivity contribution < 1.29 is 4.79 Å². The van der Waals surface area contributed by atoms with Crippen LogP contribution in [0, 0.1) is 0 Å². The Morgan fingerprint density at radius 3 is 2.30 bits per heavy atom. The Hall–Kier alpha value is -1.69. The van der Waals surface area contributed by atoms with Gasteiger partial charge >= 0.3 is 0 Å². The minimum absolute atomic E-state index is 0.150. The van der Waals surface area contributed by atoms with E-state index in [1.54, 1.807) is 36.2 Å². The molecule has 1 saturated heterocycles. The lowest BCUT2D eigenvalue weighted by Crippen LogP contribution is -2.31. The van der Waals surface area contributed by atoms with Crippen molar-refractivity contribution in [2.75, 3.05) is 11.9 Å². The van der Waals surface area contributed by atoms with E-state index < -0.39 is 0 Å². The number of likely N-dealkylation sites (N-methyl/N-ethyl adjacent to an activating group) is 1. The molecule has 1 fully saturated rings. The van der Waals surface area contributed by atoms with Gasteiger partial charge in [0.1, 0.15) is 5.70 Å². The molecular weight excluding hydrogens is 396 g/mol.